The largest absolute Gasteiger partial charge is 0.495 e. The number of benzene rings is 1. The molecule has 0 aromatic heterocycles. The summed E-state index contributed by atoms with van der Waals surface area (Å²) in [4.78, 5) is 29.1. The standard InChI is InChI=1S/C20H27N3O3/c1-26-18-9-5-4-8-17(18)23-11-10-16(19(23)24)21-20(25)22-12-14-6-2-3-7-15(14)13-22/h4-5,8-9,14-16H,2-3,6-7,10-13H2,1H3,(H,21,25)/t14-,15+,16?. The lowest BCUT2D eigenvalue weighted by Gasteiger charge is -2.22. The first-order valence-corrected chi connectivity index (χ1v) is 9.67. The molecule has 2 heterocycles. The van der Waals surface area contributed by atoms with Crippen molar-refractivity contribution >= 4 is 17.6 Å². The number of hydrogen-bond donors (Lipinski definition) is 1. The summed E-state index contributed by atoms with van der Waals surface area (Å²) >= 11 is 0. The number of ether oxygens (including phenoxy) is 1. The predicted molar refractivity (Wildman–Crippen MR) is 99.3 cm³/mol. The molecule has 3 atom stereocenters. The molecule has 1 saturated carbocycles. The highest BCUT2D eigenvalue weighted by Gasteiger charge is 2.39. The van der Waals surface area contributed by atoms with Crippen molar-refractivity contribution in [3.63, 3.8) is 0 Å². The van der Waals surface area contributed by atoms with E-state index in [0.29, 0.717) is 30.6 Å². The molecular formula is C20H27N3O3. The van der Waals surface area contributed by atoms with E-state index in [2.05, 4.69) is 5.32 Å². The van der Waals surface area contributed by atoms with Crippen molar-refractivity contribution < 1.29 is 14.3 Å². The van der Waals surface area contributed by atoms with Gasteiger partial charge in [-0.1, -0.05) is 25.0 Å². The maximum atomic E-state index is 12.8. The normalized spacial score (nSPS) is 28.2. The van der Waals surface area contributed by atoms with Crippen molar-refractivity contribution in [2.24, 2.45) is 11.8 Å². The van der Waals surface area contributed by atoms with Gasteiger partial charge in [0.2, 0.25) is 5.91 Å². The Labute approximate surface area is 154 Å². The van der Waals surface area contributed by atoms with Gasteiger partial charge in [-0.2, -0.15) is 0 Å². The Hall–Kier alpha value is -2.24. The van der Waals surface area contributed by atoms with Gasteiger partial charge in [0.05, 0.1) is 12.8 Å². The molecule has 3 aliphatic rings. The topological polar surface area (TPSA) is 61.9 Å². The van der Waals surface area contributed by atoms with Crippen molar-refractivity contribution in [3.05, 3.63) is 24.3 Å². The first-order chi connectivity index (χ1) is 12.7. The number of nitrogens with one attached hydrogen (secondary N) is 1. The monoisotopic (exact) mass is 357 g/mol. The molecular weight excluding hydrogens is 330 g/mol. The minimum absolute atomic E-state index is 0.0561. The van der Waals surface area contributed by atoms with E-state index in [1.165, 1.54) is 25.7 Å². The lowest BCUT2D eigenvalue weighted by molar-refractivity contribution is -0.118. The zero-order chi connectivity index (χ0) is 18.1. The Morgan fingerprint density at radius 1 is 1.12 bits per heavy atom. The van der Waals surface area contributed by atoms with E-state index in [0.717, 1.165) is 18.8 Å². The number of rotatable bonds is 3. The smallest absolute Gasteiger partial charge is 0.318 e. The van der Waals surface area contributed by atoms with E-state index in [1.54, 1.807) is 12.0 Å². The van der Waals surface area contributed by atoms with Crippen molar-refractivity contribution in [3.8, 4) is 5.75 Å². The molecule has 1 unspecified atom stereocenters. The second-order valence-corrected chi connectivity index (χ2v) is 7.66. The zero-order valence-corrected chi connectivity index (χ0v) is 15.3. The minimum Gasteiger partial charge on any atom is -0.495 e. The van der Waals surface area contributed by atoms with Crippen LogP contribution >= 0.6 is 0 Å². The molecule has 0 radical (unpaired) electrons. The van der Waals surface area contributed by atoms with E-state index in [4.69, 9.17) is 4.74 Å². The minimum atomic E-state index is -0.449. The van der Waals surface area contributed by atoms with Crippen LogP contribution in [0.25, 0.3) is 0 Å². The number of amides is 3. The third-order valence-corrected chi connectivity index (χ3v) is 6.14. The molecule has 0 spiro atoms. The summed E-state index contributed by atoms with van der Waals surface area (Å²) in [6.45, 7) is 2.27. The van der Waals surface area contributed by atoms with Crippen molar-refractivity contribution in [2.45, 2.75) is 38.1 Å². The fraction of sp³-hybridized carbons (Fsp3) is 0.600. The average molecular weight is 357 g/mol. The van der Waals surface area contributed by atoms with E-state index < -0.39 is 6.04 Å². The molecule has 2 aliphatic heterocycles. The third kappa shape index (κ3) is 3.13. The number of carbonyl (C=O) groups is 2. The summed E-state index contributed by atoms with van der Waals surface area (Å²) in [5.74, 6) is 1.92. The van der Waals surface area contributed by atoms with Crippen LogP contribution < -0.4 is 15.0 Å². The second kappa shape index (κ2) is 7.17. The number of likely N-dealkylation sites (tertiary alicyclic amines) is 1. The highest BCUT2D eigenvalue weighted by Crippen LogP contribution is 2.36. The Morgan fingerprint density at radius 3 is 2.50 bits per heavy atom. The van der Waals surface area contributed by atoms with Gasteiger partial charge in [0.1, 0.15) is 11.8 Å². The molecule has 4 rings (SSSR count). The van der Waals surface area contributed by atoms with Gasteiger partial charge in [0.15, 0.2) is 0 Å². The van der Waals surface area contributed by atoms with Crippen LogP contribution in [0.4, 0.5) is 10.5 Å². The summed E-state index contributed by atoms with van der Waals surface area (Å²) in [7, 11) is 1.60. The molecule has 2 saturated heterocycles. The molecule has 1 aromatic carbocycles. The second-order valence-electron chi connectivity index (χ2n) is 7.66. The first kappa shape index (κ1) is 17.2. The maximum absolute atomic E-state index is 12.8. The number of carbonyl (C=O) groups excluding carboxylic acids is 2. The van der Waals surface area contributed by atoms with Crippen molar-refractivity contribution in [2.75, 3.05) is 31.6 Å². The van der Waals surface area contributed by atoms with Crippen LogP contribution in [0, 0.1) is 11.8 Å². The molecule has 26 heavy (non-hydrogen) atoms. The third-order valence-electron chi connectivity index (χ3n) is 6.14. The summed E-state index contributed by atoms with van der Waals surface area (Å²) in [5.41, 5.74) is 0.768. The summed E-state index contributed by atoms with van der Waals surface area (Å²) in [5, 5.41) is 2.97. The van der Waals surface area contributed by atoms with Crippen LogP contribution in [-0.4, -0.2) is 49.6 Å². The number of hydrogen-bond acceptors (Lipinski definition) is 3. The van der Waals surface area contributed by atoms with E-state index in [-0.39, 0.29) is 11.9 Å². The number of urea groups is 1. The van der Waals surface area contributed by atoms with Crippen molar-refractivity contribution in [1.29, 1.82) is 0 Å². The first-order valence-electron chi connectivity index (χ1n) is 9.67. The Bertz CT molecular complexity index is 679. The van der Waals surface area contributed by atoms with Crippen molar-refractivity contribution in [1.82, 2.24) is 10.2 Å². The lowest BCUT2D eigenvalue weighted by Crippen LogP contribution is -2.47. The fourth-order valence-electron chi connectivity index (χ4n) is 4.72. The van der Waals surface area contributed by atoms with Gasteiger partial charge in [-0.05, 0) is 43.2 Å². The van der Waals surface area contributed by atoms with Gasteiger partial charge >= 0.3 is 6.03 Å². The summed E-state index contributed by atoms with van der Waals surface area (Å²) in [6, 6.07) is 6.97. The Balaban J connectivity index is 1.39. The zero-order valence-electron chi connectivity index (χ0n) is 15.3. The number of anilines is 1. The van der Waals surface area contributed by atoms with Gasteiger partial charge in [0, 0.05) is 19.6 Å². The van der Waals surface area contributed by atoms with Gasteiger partial charge in [0.25, 0.3) is 0 Å². The number of nitrogens with zero attached hydrogens (tertiary/aromatic N) is 2. The quantitative estimate of drug-likeness (QED) is 0.905. The van der Waals surface area contributed by atoms with Crippen LogP contribution in [0.3, 0.4) is 0 Å². The molecule has 1 N–H and O–H groups in total. The van der Waals surface area contributed by atoms with E-state index in [1.807, 2.05) is 29.2 Å². The average Bonchev–Trinajstić information content (AvgIpc) is 3.26. The molecule has 0 bridgehead atoms. The summed E-state index contributed by atoms with van der Waals surface area (Å²) in [6.07, 6.45) is 5.66. The van der Waals surface area contributed by atoms with Crippen LogP contribution in [0.15, 0.2) is 24.3 Å². The summed E-state index contributed by atoms with van der Waals surface area (Å²) < 4.78 is 5.37. The molecule has 1 aromatic rings. The van der Waals surface area contributed by atoms with Gasteiger partial charge in [-0.15, -0.1) is 0 Å². The highest BCUT2D eigenvalue weighted by molar-refractivity contribution is 6.02. The van der Waals surface area contributed by atoms with Gasteiger partial charge < -0.3 is 19.9 Å². The Morgan fingerprint density at radius 2 is 1.81 bits per heavy atom. The molecule has 6 heteroatoms. The van der Waals surface area contributed by atoms with E-state index in [9.17, 15) is 9.59 Å². The van der Waals surface area contributed by atoms with Crippen LogP contribution in [0.1, 0.15) is 32.1 Å². The molecule has 140 valence electrons. The molecule has 3 amide bonds. The van der Waals surface area contributed by atoms with Crippen LogP contribution in [-0.2, 0) is 4.79 Å². The predicted octanol–water partition coefficient (Wildman–Crippen LogP) is 2.63. The molecule has 1 aliphatic carbocycles. The van der Waals surface area contributed by atoms with Crippen LogP contribution in [0.2, 0.25) is 0 Å². The number of methoxy groups -OCH3 is 1. The highest BCUT2D eigenvalue weighted by atomic mass is 16.5. The lowest BCUT2D eigenvalue weighted by atomic mass is 9.82. The molecule has 6 nitrogen and oxygen atoms in total. The molecule has 3 fully saturated rings. The fourth-order valence-corrected chi connectivity index (χ4v) is 4.72. The number of fused-ring (bicyclic) bond motifs is 1. The van der Waals surface area contributed by atoms with E-state index >= 15 is 0 Å². The number of para-hydroxylation sites is 2. The SMILES string of the molecule is COc1ccccc1N1CCC(NC(=O)N2C[C@H]3CCCC[C@H]3C2)C1=O. The Kier molecular flexibility index (Phi) is 4.74. The van der Waals surface area contributed by atoms with Gasteiger partial charge in [-0.25, -0.2) is 4.79 Å². The maximum Gasteiger partial charge on any atom is 0.318 e. The van der Waals surface area contributed by atoms with Gasteiger partial charge in [-0.3, -0.25) is 4.79 Å². The van der Waals surface area contributed by atoms with Crippen LogP contribution in [0.5, 0.6) is 5.75 Å².